The maximum Gasteiger partial charge on any atom is 0.258 e. The fourth-order valence-electron chi connectivity index (χ4n) is 2.62. The molecule has 0 spiro atoms. The monoisotopic (exact) mass is 342 g/mol. The molecule has 4 heteroatoms. The molecule has 0 aliphatic carbocycles. The highest BCUT2D eigenvalue weighted by Gasteiger charge is 2.10. The van der Waals surface area contributed by atoms with Crippen LogP contribution in [0, 0.1) is 13.8 Å². The molecule has 0 unspecified atom stereocenters. The predicted molar refractivity (Wildman–Crippen MR) is 101 cm³/mol. The first-order chi connectivity index (χ1) is 12.7. The SMILES string of the molecule is Cc1ccc(Oc2ccc(-c3noc(-c4ccccc4)n3)cc2)cc1C. The Morgan fingerprint density at radius 2 is 1.46 bits per heavy atom. The van der Waals surface area contributed by atoms with E-state index in [1.54, 1.807) is 0 Å². The Kier molecular flexibility index (Phi) is 4.23. The van der Waals surface area contributed by atoms with Crippen molar-refractivity contribution in [3.05, 3.63) is 83.9 Å². The van der Waals surface area contributed by atoms with E-state index in [1.165, 1.54) is 11.1 Å². The molecule has 128 valence electrons. The van der Waals surface area contributed by atoms with Crippen molar-refractivity contribution in [1.29, 1.82) is 0 Å². The highest BCUT2D eigenvalue weighted by atomic mass is 16.5. The maximum atomic E-state index is 5.92. The lowest BCUT2D eigenvalue weighted by atomic mass is 10.1. The van der Waals surface area contributed by atoms with Gasteiger partial charge in [0.15, 0.2) is 0 Å². The summed E-state index contributed by atoms with van der Waals surface area (Å²) in [4.78, 5) is 4.47. The number of nitrogens with zero attached hydrogens (tertiary/aromatic N) is 2. The van der Waals surface area contributed by atoms with Gasteiger partial charge >= 0.3 is 0 Å². The van der Waals surface area contributed by atoms with Crippen molar-refractivity contribution in [2.75, 3.05) is 0 Å². The summed E-state index contributed by atoms with van der Waals surface area (Å²) in [5, 5.41) is 4.07. The van der Waals surface area contributed by atoms with E-state index >= 15 is 0 Å². The lowest BCUT2D eigenvalue weighted by molar-refractivity contribution is 0.432. The quantitative estimate of drug-likeness (QED) is 0.469. The molecule has 0 atom stereocenters. The average Bonchev–Trinajstić information content (AvgIpc) is 3.16. The summed E-state index contributed by atoms with van der Waals surface area (Å²) in [6, 6.07) is 23.5. The summed E-state index contributed by atoms with van der Waals surface area (Å²) in [7, 11) is 0. The second-order valence-electron chi connectivity index (χ2n) is 6.16. The van der Waals surface area contributed by atoms with Gasteiger partial charge in [-0.2, -0.15) is 4.98 Å². The van der Waals surface area contributed by atoms with E-state index in [4.69, 9.17) is 9.26 Å². The van der Waals surface area contributed by atoms with Crippen LogP contribution in [0.4, 0.5) is 0 Å². The summed E-state index contributed by atoms with van der Waals surface area (Å²) in [6.45, 7) is 4.16. The molecule has 0 amide bonds. The van der Waals surface area contributed by atoms with Crippen LogP contribution in [0.1, 0.15) is 11.1 Å². The summed E-state index contributed by atoms with van der Waals surface area (Å²) in [5.41, 5.74) is 4.24. The van der Waals surface area contributed by atoms with Gasteiger partial charge in [-0.3, -0.25) is 0 Å². The van der Waals surface area contributed by atoms with E-state index in [-0.39, 0.29) is 0 Å². The minimum atomic E-state index is 0.510. The van der Waals surface area contributed by atoms with E-state index in [2.05, 4.69) is 30.1 Å². The molecule has 3 aromatic carbocycles. The Morgan fingerprint density at radius 3 is 2.19 bits per heavy atom. The van der Waals surface area contributed by atoms with Crippen LogP contribution in [-0.4, -0.2) is 10.1 Å². The fourth-order valence-corrected chi connectivity index (χ4v) is 2.62. The van der Waals surface area contributed by atoms with Gasteiger partial charge in [-0.05, 0) is 73.5 Å². The third kappa shape index (κ3) is 3.35. The standard InChI is InChI=1S/C22H18N2O2/c1-15-8-11-20(14-16(15)2)25-19-12-9-17(10-13-19)21-23-22(26-24-21)18-6-4-3-5-7-18/h3-14H,1-2H3. The smallest absolute Gasteiger partial charge is 0.258 e. The Balaban J connectivity index is 1.53. The van der Waals surface area contributed by atoms with E-state index in [9.17, 15) is 0 Å². The molecule has 0 aliphatic heterocycles. The molecule has 26 heavy (non-hydrogen) atoms. The van der Waals surface area contributed by atoms with Gasteiger partial charge in [0.1, 0.15) is 11.5 Å². The molecule has 4 aromatic rings. The van der Waals surface area contributed by atoms with Gasteiger partial charge in [-0.15, -0.1) is 0 Å². The van der Waals surface area contributed by atoms with Crippen LogP contribution in [0.2, 0.25) is 0 Å². The number of aryl methyl sites for hydroxylation is 2. The molecule has 1 heterocycles. The van der Waals surface area contributed by atoms with Crippen LogP contribution in [0.3, 0.4) is 0 Å². The molecule has 0 saturated carbocycles. The number of hydrogen-bond donors (Lipinski definition) is 0. The van der Waals surface area contributed by atoms with Crippen molar-refractivity contribution in [1.82, 2.24) is 10.1 Å². The Hall–Kier alpha value is -3.40. The first kappa shape index (κ1) is 16.1. The van der Waals surface area contributed by atoms with Crippen molar-refractivity contribution >= 4 is 0 Å². The van der Waals surface area contributed by atoms with Crippen molar-refractivity contribution in [3.63, 3.8) is 0 Å². The summed E-state index contributed by atoms with van der Waals surface area (Å²) in [5.74, 6) is 2.66. The average molecular weight is 342 g/mol. The van der Waals surface area contributed by atoms with Gasteiger partial charge in [-0.1, -0.05) is 29.4 Å². The lowest BCUT2D eigenvalue weighted by Gasteiger charge is -2.08. The second kappa shape index (κ2) is 6.84. The molecule has 0 saturated heterocycles. The molecule has 4 nitrogen and oxygen atoms in total. The first-order valence-electron chi connectivity index (χ1n) is 8.44. The maximum absolute atomic E-state index is 5.92. The number of ether oxygens (including phenoxy) is 1. The molecule has 1 aromatic heterocycles. The second-order valence-corrected chi connectivity index (χ2v) is 6.16. The zero-order valence-electron chi connectivity index (χ0n) is 14.6. The summed E-state index contributed by atoms with van der Waals surface area (Å²) >= 11 is 0. The molecular formula is C22H18N2O2. The van der Waals surface area contributed by atoms with Gasteiger partial charge in [0.25, 0.3) is 5.89 Å². The minimum absolute atomic E-state index is 0.510. The number of benzene rings is 3. The number of rotatable bonds is 4. The van der Waals surface area contributed by atoms with Gasteiger partial charge in [0, 0.05) is 11.1 Å². The van der Waals surface area contributed by atoms with Crippen molar-refractivity contribution < 1.29 is 9.26 Å². The first-order valence-corrected chi connectivity index (χ1v) is 8.44. The zero-order valence-corrected chi connectivity index (χ0v) is 14.6. The lowest BCUT2D eigenvalue weighted by Crippen LogP contribution is -1.87. The highest BCUT2D eigenvalue weighted by molar-refractivity contribution is 5.60. The third-order valence-electron chi connectivity index (χ3n) is 4.27. The van der Waals surface area contributed by atoms with E-state index < -0.39 is 0 Å². The van der Waals surface area contributed by atoms with Crippen LogP contribution in [0.5, 0.6) is 11.5 Å². The Bertz CT molecular complexity index is 1020. The molecule has 0 fully saturated rings. The van der Waals surface area contributed by atoms with Gasteiger partial charge in [0.05, 0.1) is 0 Å². The highest BCUT2D eigenvalue weighted by Crippen LogP contribution is 2.27. The van der Waals surface area contributed by atoms with Gasteiger partial charge < -0.3 is 9.26 Å². The van der Waals surface area contributed by atoms with Crippen molar-refractivity contribution in [3.8, 4) is 34.3 Å². The summed E-state index contributed by atoms with van der Waals surface area (Å²) < 4.78 is 11.3. The number of aromatic nitrogens is 2. The zero-order chi connectivity index (χ0) is 17.9. The van der Waals surface area contributed by atoms with Crippen molar-refractivity contribution in [2.24, 2.45) is 0 Å². The molecule has 0 N–H and O–H groups in total. The molecule has 0 aliphatic rings. The molecule has 0 bridgehead atoms. The van der Waals surface area contributed by atoms with E-state index in [0.29, 0.717) is 11.7 Å². The normalized spacial score (nSPS) is 10.7. The van der Waals surface area contributed by atoms with E-state index in [1.807, 2.05) is 66.7 Å². The van der Waals surface area contributed by atoms with Crippen LogP contribution in [-0.2, 0) is 0 Å². The molecule has 0 radical (unpaired) electrons. The molecule has 4 rings (SSSR count). The van der Waals surface area contributed by atoms with Crippen LogP contribution >= 0.6 is 0 Å². The molecular weight excluding hydrogens is 324 g/mol. The van der Waals surface area contributed by atoms with Crippen LogP contribution in [0.25, 0.3) is 22.8 Å². The van der Waals surface area contributed by atoms with Crippen molar-refractivity contribution in [2.45, 2.75) is 13.8 Å². The summed E-state index contributed by atoms with van der Waals surface area (Å²) in [6.07, 6.45) is 0. The Morgan fingerprint density at radius 1 is 0.731 bits per heavy atom. The van der Waals surface area contributed by atoms with E-state index in [0.717, 1.165) is 22.6 Å². The topological polar surface area (TPSA) is 48.2 Å². The third-order valence-corrected chi connectivity index (χ3v) is 4.27. The van der Waals surface area contributed by atoms with Crippen LogP contribution < -0.4 is 4.74 Å². The van der Waals surface area contributed by atoms with Crippen LogP contribution in [0.15, 0.2) is 77.3 Å². The van der Waals surface area contributed by atoms with Gasteiger partial charge in [-0.25, -0.2) is 0 Å². The number of hydrogen-bond acceptors (Lipinski definition) is 4. The Labute approximate surface area is 152 Å². The van der Waals surface area contributed by atoms with Gasteiger partial charge in [0.2, 0.25) is 5.82 Å². The minimum Gasteiger partial charge on any atom is -0.457 e. The largest absolute Gasteiger partial charge is 0.457 e. The predicted octanol–water partition coefficient (Wildman–Crippen LogP) is 5.81. The fraction of sp³-hybridized carbons (Fsp3) is 0.0909.